The highest BCUT2D eigenvalue weighted by Crippen LogP contribution is 2.36. The second kappa shape index (κ2) is 8.33. The smallest absolute Gasteiger partial charge is 0.413 e. The molecule has 2 aromatic carbocycles. The lowest BCUT2D eigenvalue weighted by atomic mass is 10.1. The van der Waals surface area contributed by atoms with Crippen LogP contribution in [0.3, 0.4) is 0 Å². The summed E-state index contributed by atoms with van der Waals surface area (Å²) >= 11 is 1.15. The van der Waals surface area contributed by atoms with Gasteiger partial charge >= 0.3 is 6.09 Å². The molecule has 1 heterocycles. The molecule has 0 fully saturated rings. The molecule has 0 bridgehead atoms. The van der Waals surface area contributed by atoms with E-state index in [2.05, 4.69) is 20.4 Å². The van der Waals surface area contributed by atoms with Crippen molar-refractivity contribution in [1.82, 2.24) is 4.98 Å². The summed E-state index contributed by atoms with van der Waals surface area (Å²) in [5.74, 6) is 0.377. The fourth-order valence-corrected chi connectivity index (χ4v) is 3.17. The number of nitrogens with one attached hydrogen (secondary N) is 2. The maximum Gasteiger partial charge on any atom is 0.413 e. The molecule has 0 saturated carbocycles. The summed E-state index contributed by atoms with van der Waals surface area (Å²) in [6, 6.07) is 16.2. The Kier molecular flexibility index (Phi) is 5.68. The van der Waals surface area contributed by atoms with Crippen molar-refractivity contribution in [2.75, 3.05) is 24.9 Å². The summed E-state index contributed by atoms with van der Waals surface area (Å²) < 4.78 is 9.70. The third kappa shape index (κ3) is 4.42. The lowest BCUT2D eigenvalue weighted by Gasteiger charge is -2.06. The first kappa shape index (κ1) is 18.4. The predicted molar refractivity (Wildman–Crippen MR) is 105 cm³/mol. The number of hydrogen-bond donors (Lipinski definition) is 2. The number of ether oxygens (including phenoxy) is 2. The van der Waals surface area contributed by atoms with Crippen LogP contribution in [0.15, 0.2) is 54.6 Å². The summed E-state index contributed by atoms with van der Waals surface area (Å²) in [5, 5.41) is 6.23. The van der Waals surface area contributed by atoms with E-state index in [1.54, 1.807) is 31.4 Å². The molecule has 0 aliphatic carbocycles. The Morgan fingerprint density at radius 3 is 2.30 bits per heavy atom. The van der Waals surface area contributed by atoms with Crippen LogP contribution < -0.4 is 15.4 Å². The van der Waals surface area contributed by atoms with Crippen LogP contribution >= 0.6 is 11.3 Å². The number of rotatable bonds is 5. The largest absolute Gasteiger partial charge is 0.497 e. The fourth-order valence-electron chi connectivity index (χ4n) is 2.31. The minimum absolute atomic E-state index is 0.289. The molecule has 8 heteroatoms. The molecule has 0 atom stereocenters. The van der Waals surface area contributed by atoms with Crippen LogP contribution in [0, 0.1) is 0 Å². The molecule has 0 radical (unpaired) electrons. The first-order valence-electron chi connectivity index (χ1n) is 7.97. The number of benzene rings is 2. The normalized spacial score (nSPS) is 10.1. The summed E-state index contributed by atoms with van der Waals surface area (Å²) in [4.78, 5) is 28.5. The van der Waals surface area contributed by atoms with Crippen LogP contribution in [-0.4, -0.2) is 31.2 Å². The van der Waals surface area contributed by atoms with E-state index in [-0.39, 0.29) is 5.91 Å². The lowest BCUT2D eigenvalue weighted by molar-refractivity contribution is 0.102. The highest BCUT2D eigenvalue weighted by molar-refractivity contribution is 7.20. The molecule has 138 valence electrons. The highest BCUT2D eigenvalue weighted by Gasteiger charge is 2.17. The van der Waals surface area contributed by atoms with Gasteiger partial charge in [0.2, 0.25) is 0 Å². The topological polar surface area (TPSA) is 89.5 Å². The van der Waals surface area contributed by atoms with Gasteiger partial charge in [0.05, 0.1) is 14.2 Å². The van der Waals surface area contributed by atoms with Crippen molar-refractivity contribution in [3.8, 4) is 17.0 Å². The SMILES string of the molecule is COC(=O)Nc1nc(-c2ccccc2)c(NC(=O)c2ccc(OC)cc2)s1. The van der Waals surface area contributed by atoms with Gasteiger partial charge in [0.1, 0.15) is 16.4 Å². The number of carbonyl (C=O) groups excluding carboxylic acids is 2. The molecule has 0 unspecified atom stereocenters. The van der Waals surface area contributed by atoms with E-state index in [0.717, 1.165) is 16.9 Å². The summed E-state index contributed by atoms with van der Waals surface area (Å²) in [6.45, 7) is 0. The maximum atomic E-state index is 12.6. The van der Waals surface area contributed by atoms with Gasteiger partial charge < -0.3 is 14.8 Å². The van der Waals surface area contributed by atoms with Gasteiger partial charge in [-0.05, 0) is 24.3 Å². The number of carbonyl (C=O) groups is 2. The van der Waals surface area contributed by atoms with Gasteiger partial charge in [-0.15, -0.1) is 0 Å². The van der Waals surface area contributed by atoms with E-state index >= 15 is 0 Å². The van der Waals surface area contributed by atoms with E-state index in [0.29, 0.717) is 27.1 Å². The molecule has 0 aliphatic heterocycles. The lowest BCUT2D eigenvalue weighted by Crippen LogP contribution is -2.11. The molecule has 2 amide bonds. The summed E-state index contributed by atoms with van der Waals surface area (Å²) in [7, 11) is 2.84. The molecule has 0 aliphatic rings. The average molecular weight is 383 g/mol. The van der Waals surface area contributed by atoms with Crippen LogP contribution in [0.4, 0.5) is 14.9 Å². The van der Waals surface area contributed by atoms with Gasteiger partial charge in [-0.25, -0.2) is 9.78 Å². The molecule has 2 N–H and O–H groups in total. The van der Waals surface area contributed by atoms with Crippen molar-refractivity contribution < 1.29 is 19.1 Å². The second-order valence-electron chi connectivity index (χ2n) is 5.36. The first-order chi connectivity index (χ1) is 13.1. The number of nitrogens with zero attached hydrogens (tertiary/aromatic N) is 1. The van der Waals surface area contributed by atoms with E-state index in [1.807, 2.05) is 30.3 Å². The number of methoxy groups -OCH3 is 2. The number of anilines is 2. The zero-order chi connectivity index (χ0) is 19.2. The van der Waals surface area contributed by atoms with Crippen molar-refractivity contribution in [3.05, 3.63) is 60.2 Å². The average Bonchev–Trinajstić information content (AvgIpc) is 3.10. The zero-order valence-corrected chi connectivity index (χ0v) is 15.5. The summed E-state index contributed by atoms with van der Waals surface area (Å²) in [5.41, 5.74) is 1.86. The Morgan fingerprint density at radius 1 is 0.963 bits per heavy atom. The number of hydrogen-bond acceptors (Lipinski definition) is 6. The van der Waals surface area contributed by atoms with E-state index in [1.165, 1.54) is 7.11 Å². The van der Waals surface area contributed by atoms with Crippen molar-refractivity contribution in [2.45, 2.75) is 0 Å². The van der Waals surface area contributed by atoms with Crippen LogP contribution in [0.2, 0.25) is 0 Å². The van der Waals surface area contributed by atoms with E-state index in [9.17, 15) is 9.59 Å². The van der Waals surface area contributed by atoms with Crippen LogP contribution in [0.5, 0.6) is 5.75 Å². The minimum Gasteiger partial charge on any atom is -0.497 e. The molecule has 3 rings (SSSR count). The molecule has 0 spiro atoms. The van der Waals surface area contributed by atoms with Gasteiger partial charge in [-0.1, -0.05) is 41.7 Å². The van der Waals surface area contributed by atoms with Crippen LogP contribution in [-0.2, 0) is 4.74 Å². The molecule has 27 heavy (non-hydrogen) atoms. The third-order valence-electron chi connectivity index (χ3n) is 3.65. The Balaban J connectivity index is 1.90. The Morgan fingerprint density at radius 2 is 1.67 bits per heavy atom. The van der Waals surface area contributed by atoms with E-state index < -0.39 is 6.09 Å². The van der Waals surface area contributed by atoms with Gasteiger partial charge in [0.25, 0.3) is 5.91 Å². The van der Waals surface area contributed by atoms with Crippen molar-refractivity contribution in [1.29, 1.82) is 0 Å². The molecule has 3 aromatic rings. The minimum atomic E-state index is -0.628. The fraction of sp³-hybridized carbons (Fsp3) is 0.105. The van der Waals surface area contributed by atoms with E-state index in [4.69, 9.17) is 4.74 Å². The monoisotopic (exact) mass is 383 g/mol. The first-order valence-corrected chi connectivity index (χ1v) is 8.79. The molecule has 1 aromatic heterocycles. The van der Waals surface area contributed by atoms with Gasteiger partial charge in [-0.3, -0.25) is 10.1 Å². The standard InChI is InChI=1S/C19H17N3O4S/c1-25-14-10-8-13(9-11-14)16(23)21-17-15(12-6-4-3-5-7-12)20-18(27-17)22-19(24)26-2/h3-11H,1-2H3,(H,21,23)(H,20,22,24). The van der Waals surface area contributed by atoms with Crippen LogP contribution in [0.25, 0.3) is 11.3 Å². The van der Waals surface area contributed by atoms with Crippen molar-refractivity contribution in [2.24, 2.45) is 0 Å². The second-order valence-corrected chi connectivity index (χ2v) is 6.36. The molecular formula is C19H17N3O4S. The van der Waals surface area contributed by atoms with Crippen molar-refractivity contribution in [3.63, 3.8) is 0 Å². The van der Waals surface area contributed by atoms with Gasteiger partial charge in [0, 0.05) is 11.1 Å². The summed E-state index contributed by atoms with van der Waals surface area (Å²) in [6.07, 6.45) is -0.628. The molecule has 0 saturated heterocycles. The Bertz CT molecular complexity index is 939. The van der Waals surface area contributed by atoms with Gasteiger partial charge in [0.15, 0.2) is 5.13 Å². The Labute approximate surface area is 160 Å². The van der Waals surface area contributed by atoms with Gasteiger partial charge in [-0.2, -0.15) is 0 Å². The van der Waals surface area contributed by atoms with Crippen molar-refractivity contribution >= 4 is 33.5 Å². The molecular weight excluding hydrogens is 366 g/mol. The highest BCUT2D eigenvalue weighted by atomic mass is 32.1. The third-order valence-corrected chi connectivity index (χ3v) is 4.53. The number of thiazole rings is 1. The van der Waals surface area contributed by atoms with Crippen LogP contribution in [0.1, 0.15) is 10.4 Å². The number of aromatic nitrogens is 1. The maximum absolute atomic E-state index is 12.6. The number of amides is 2. The quantitative estimate of drug-likeness (QED) is 0.687. The Hall–Kier alpha value is -3.39. The zero-order valence-electron chi connectivity index (χ0n) is 14.7. The predicted octanol–water partition coefficient (Wildman–Crippen LogP) is 4.25. The molecule has 7 nitrogen and oxygen atoms in total.